The summed E-state index contributed by atoms with van der Waals surface area (Å²) in [6.07, 6.45) is 3.15. The molecule has 3 aliphatic rings. The van der Waals surface area contributed by atoms with E-state index in [4.69, 9.17) is 0 Å². The Bertz CT molecular complexity index is 772. The van der Waals surface area contributed by atoms with Gasteiger partial charge in [0.15, 0.2) is 0 Å². The Labute approximate surface area is 159 Å². The quantitative estimate of drug-likeness (QED) is 0.743. The molecule has 0 aliphatic carbocycles. The second kappa shape index (κ2) is 7.40. The van der Waals surface area contributed by atoms with Gasteiger partial charge < -0.3 is 15.1 Å². The summed E-state index contributed by atoms with van der Waals surface area (Å²) in [7, 11) is 2.12. The molecule has 4 rings (SSSR count). The Balaban J connectivity index is 1.42. The Morgan fingerprint density at radius 3 is 2.81 bits per heavy atom. The number of nitrogens with one attached hydrogen (secondary N) is 2. The molecule has 1 unspecified atom stereocenters. The van der Waals surface area contributed by atoms with Gasteiger partial charge in [0.05, 0.1) is 0 Å². The van der Waals surface area contributed by atoms with E-state index in [1.54, 1.807) is 4.90 Å². The summed E-state index contributed by atoms with van der Waals surface area (Å²) in [4.78, 5) is 40.1. The van der Waals surface area contributed by atoms with Crippen molar-refractivity contribution in [1.82, 2.24) is 20.4 Å². The van der Waals surface area contributed by atoms with Gasteiger partial charge in [0.1, 0.15) is 6.04 Å². The molecule has 1 aromatic carbocycles. The summed E-state index contributed by atoms with van der Waals surface area (Å²) < 4.78 is 0. The minimum atomic E-state index is -0.554. The van der Waals surface area contributed by atoms with Crippen molar-refractivity contribution in [2.75, 3.05) is 20.1 Å². The average Bonchev–Trinajstić information content (AvgIpc) is 3.23. The first-order valence-electron chi connectivity index (χ1n) is 9.69. The van der Waals surface area contributed by atoms with Gasteiger partial charge in [0.2, 0.25) is 11.8 Å². The zero-order valence-electron chi connectivity index (χ0n) is 15.7. The standard InChI is InChI=1S/C20H26N4O3/c1-23(12-15-3-2-8-21-15)10-13-4-5-16-14(9-13)11-24(20(16)27)17-6-7-18(25)22-19(17)26/h4-5,9,15,17,21H,2-3,6-8,10-12H2,1H3,(H,22,25,26)/t15-,17?/m0/s1. The summed E-state index contributed by atoms with van der Waals surface area (Å²) in [6, 6.07) is 5.97. The predicted octanol–water partition coefficient (Wildman–Crippen LogP) is 0.631. The molecule has 144 valence electrons. The van der Waals surface area contributed by atoms with Crippen molar-refractivity contribution in [3.63, 3.8) is 0 Å². The number of hydrogen-bond acceptors (Lipinski definition) is 5. The average molecular weight is 370 g/mol. The molecule has 2 atom stereocenters. The fraction of sp³-hybridized carbons (Fsp3) is 0.550. The molecule has 2 fully saturated rings. The van der Waals surface area contributed by atoms with E-state index in [0.717, 1.165) is 25.2 Å². The van der Waals surface area contributed by atoms with Gasteiger partial charge in [0.25, 0.3) is 5.91 Å². The minimum Gasteiger partial charge on any atom is -0.322 e. The summed E-state index contributed by atoms with van der Waals surface area (Å²) in [5.74, 6) is -0.742. The number of imide groups is 1. The summed E-state index contributed by atoms with van der Waals surface area (Å²) in [5, 5.41) is 5.86. The highest BCUT2D eigenvalue weighted by atomic mass is 16.2. The van der Waals surface area contributed by atoms with Crippen LogP contribution < -0.4 is 10.6 Å². The van der Waals surface area contributed by atoms with Crippen LogP contribution in [-0.4, -0.2) is 59.7 Å². The molecule has 2 N–H and O–H groups in total. The zero-order chi connectivity index (χ0) is 19.0. The van der Waals surface area contributed by atoms with Gasteiger partial charge in [-0.25, -0.2) is 0 Å². The number of piperidine rings is 1. The van der Waals surface area contributed by atoms with Gasteiger partial charge in [-0.1, -0.05) is 12.1 Å². The van der Waals surface area contributed by atoms with E-state index in [1.165, 1.54) is 18.4 Å². The van der Waals surface area contributed by atoms with Crippen LogP contribution in [-0.2, 0) is 22.7 Å². The van der Waals surface area contributed by atoms with Crippen LogP contribution in [0.4, 0.5) is 0 Å². The molecular weight excluding hydrogens is 344 g/mol. The highest BCUT2D eigenvalue weighted by Crippen LogP contribution is 2.28. The van der Waals surface area contributed by atoms with Crippen molar-refractivity contribution >= 4 is 17.7 Å². The van der Waals surface area contributed by atoms with Crippen LogP contribution in [0.2, 0.25) is 0 Å². The molecule has 0 radical (unpaired) electrons. The van der Waals surface area contributed by atoms with E-state index >= 15 is 0 Å². The van der Waals surface area contributed by atoms with Gasteiger partial charge in [-0.3, -0.25) is 19.7 Å². The summed E-state index contributed by atoms with van der Waals surface area (Å²) in [5.41, 5.74) is 2.81. The number of likely N-dealkylation sites (N-methyl/N-ethyl adjacent to an activating group) is 1. The lowest BCUT2D eigenvalue weighted by atomic mass is 10.0. The number of benzene rings is 1. The summed E-state index contributed by atoms with van der Waals surface area (Å²) in [6.45, 7) is 3.38. The first kappa shape index (κ1) is 18.1. The van der Waals surface area contributed by atoms with Gasteiger partial charge in [-0.05, 0) is 50.0 Å². The first-order chi connectivity index (χ1) is 13.0. The second-order valence-electron chi connectivity index (χ2n) is 7.88. The normalized spacial score (nSPS) is 25.3. The maximum Gasteiger partial charge on any atom is 0.255 e. The molecule has 1 aromatic rings. The van der Waals surface area contributed by atoms with E-state index in [1.807, 2.05) is 12.1 Å². The Morgan fingerprint density at radius 2 is 2.07 bits per heavy atom. The minimum absolute atomic E-state index is 0.116. The van der Waals surface area contributed by atoms with Crippen molar-refractivity contribution in [2.45, 2.75) is 50.9 Å². The van der Waals surface area contributed by atoms with Crippen molar-refractivity contribution in [1.29, 1.82) is 0 Å². The van der Waals surface area contributed by atoms with E-state index in [2.05, 4.69) is 28.6 Å². The third-order valence-corrected chi connectivity index (χ3v) is 5.73. The number of hydrogen-bond donors (Lipinski definition) is 2. The molecule has 2 saturated heterocycles. The molecule has 0 saturated carbocycles. The van der Waals surface area contributed by atoms with Gasteiger partial charge in [-0.2, -0.15) is 0 Å². The van der Waals surface area contributed by atoms with Crippen molar-refractivity contribution in [3.8, 4) is 0 Å². The molecular formula is C20H26N4O3. The molecule has 7 heteroatoms. The van der Waals surface area contributed by atoms with Crippen LogP contribution in [0.5, 0.6) is 0 Å². The lowest BCUT2D eigenvalue weighted by Gasteiger charge is -2.29. The van der Waals surface area contributed by atoms with E-state index in [-0.39, 0.29) is 24.1 Å². The van der Waals surface area contributed by atoms with Gasteiger partial charge >= 0.3 is 0 Å². The lowest BCUT2D eigenvalue weighted by molar-refractivity contribution is -0.136. The van der Waals surface area contributed by atoms with Crippen LogP contribution in [0.15, 0.2) is 18.2 Å². The highest BCUT2D eigenvalue weighted by molar-refractivity contribution is 6.05. The fourth-order valence-electron chi connectivity index (χ4n) is 4.39. The Kier molecular flexibility index (Phi) is 4.97. The monoisotopic (exact) mass is 370 g/mol. The number of nitrogens with zero attached hydrogens (tertiary/aromatic N) is 2. The maximum absolute atomic E-state index is 12.7. The topological polar surface area (TPSA) is 81.8 Å². The van der Waals surface area contributed by atoms with Crippen LogP contribution in [0, 0.1) is 0 Å². The van der Waals surface area contributed by atoms with E-state index in [0.29, 0.717) is 24.6 Å². The molecule has 0 aromatic heterocycles. The Morgan fingerprint density at radius 1 is 1.22 bits per heavy atom. The van der Waals surface area contributed by atoms with Gasteiger partial charge in [0, 0.05) is 37.7 Å². The van der Waals surface area contributed by atoms with E-state index in [9.17, 15) is 14.4 Å². The van der Waals surface area contributed by atoms with Crippen molar-refractivity contribution < 1.29 is 14.4 Å². The number of carbonyl (C=O) groups excluding carboxylic acids is 3. The van der Waals surface area contributed by atoms with Crippen LogP contribution in [0.3, 0.4) is 0 Å². The highest BCUT2D eigenvalue weighted by Gasteiger charge is 2.39. The molecule has 0 bridgehead atoms. The number of fused-ring (bicyclic) bond motifs is 1. The molecule has 3 amide bonds. The summed E-state index contributed by atoms with van der Waals surface area (Å²) >= 11 is 0. The zero-order valence-corrected chi connectivity index (χ0v) is 15.7. The number of rotatable bonds is 5. The van der Waals surface area contributed by atoms with Gasteiger partial charge in [-0.15, -0.1) is 0 Å². The predicted molar refractivity (Wildman–Crippen MR) is 99.8 cm³/mol. The molecule has 7 nitrogen and oxygen atoms in total. The van der Waals surface area contributed by atoms with Crippen LogP contribution in [0.1, 0.15) is 47.2 Å². The largest absolute Gasteiger partial charge is 0.322 e. The number of amides is 3. The Hall–Kier alpha value is -2.25. The van der Waals surface area contributed by atoms with Crippen LogP contribution in [0.25, 0.3) is 0 Å². The van der Waals surface area contributed by atoms with Crippen molar-refractivity contribution in [2.24, 2.45) is 0 Å². The fourth-order valence-corrected chi connectivity index (χ4v) is 4.39. The molecule has 0 spiro atoms. The third kappa shape index (κ3) is 3.75. The third-order valence-electron chi connectivity index (χ3n) is 5.73. The first-order valence-corrected chi connectivity index (χ1v) is 9.69. The molecule has 27 heavy (non-hydrogen) atoms. The molecule has 3 aliphatic heterocycles. The smallest absolute Gasteiger partial charge is 0.255 e. The van der Waals surface area contributed by atoms with E-state index < -0.39 is 6.04 Å². The SMILES string of the molecule is CN(Cc1ccc2c(c1)CN(C1CCC(=O)NC1=O)C2=O)C[C@@H]1CCCN1. The van der Waals surface area contributed by atoms with Crippen molar-refractivity contribution in [3.05, 3.63) is 34.9 Å². The van der Waals surface area contributed by atoms with Crippen LogP contribution >= 0.6 is 0 Å². The molecule has 3 heterocycles. The lowest BCUT2D eigenvalue weighted by Crippen LogP contribution is -2.52. The second-order valence-corrected chi connectivity index (χ2v) is 7.88. The maximum atomic E-state index is 12.7. The number of carbonyl (C=O) groups is 3.